The highest BCUT2D eigenvalue weighted by molar-refractivity contribution is 7.89. The van der Waals surface area contributed by atoms with Crippen molar-refractivity contribution < 1.29 is 23.4 Å². The molecule has 1 heterocycles. The van der Waals surface area contributed by atoms with Gasteiger partial charge in [0.15, 0.2) is 0 Å². The van der Waals surface area contributed by atoms with Crippen LogP contribution in [0.4, 0.5) is 0 Å². The van der Waals surface area contributed by atoms with E-state index in [0.717, 1.165) is 15.6 Å². The maximum Gasteiger partial charge on any atom is 0.347 e. The highest BCUT2D eigenvalue weighted by Crippen LogP contribution is 2.25. The molecule has 0 amide bonds. The quantitative estimate of drug-likeness (QED) is 0.816. The van der Waals surface area contributed by atoms with Crippen LogP contribution in [0.2, 0.25) is 0 Å². The average Bonchev–Trinajstić information content (AvgIpc) is 2.76. The number of rotatable bonds is 5. The number of thiophene rings is 1. The smallest absolute Gasteiger partial charge is 0.347 e. The Bertz CT molecular complexity index is 507. The van der Waals surface area contributed by atoms with E-state index in [1.165, 1.54) is 25.4 Å². The molecule has 1 aromatic heterocycles. The fourth-order valence-electron chi connectivity index (χ4n) is 1.16. The molecule has 96 valence electrons. The maximum atomic E-state index is 12.1. The Hall–Kier alpha value is -0.960. The molecular formula is C9H13NO5S2. The molecule has 1 atom stereocenters. The van der Waals surface area contributed by atoms with Crippen molar-refractivity contribution >= 4 is 27.3 Å². The van der Waals surface area contributed by atoms with E-state index in [2.05, 4.69) is 0 Å². The van der Waals surface area contributed by atoms with Crippen molar-refractivity contribution in [1.29, 1.82) is 0 Å². The number of aromatic carboxylic acids is 1. The first-order chi connectivity index (χ1) is 7.82. The zero-order chi connectivity index (χ0) is 13.2. The molecule has 8 heteroatoms. The molecule has 0 aliphatic rings. The molecule has 0 spiro atoms. The summed E-state index contributed by atoms with van der Waals surface area (Å²) in [5.74, 6) is -1.27. The van der Waals surface area contributed by atoms with Crippen LogP contribution in [-0.4, -0.2) is 48.6 Å². The van der Waals surface area contributed by atoms with Crippen molar-refractivity contribution in [2.75, 3.05) is 13.7 Å². The first kappa shape index (κ1) is 14.1. The molecule has 0 fully saturated rings. The summed E-state index contributed by atoms with van der Waals surface area (Å²) in [5.41, 5.74) is 0. The SMILES string of the molecule is CC(CO)N(C)S(=O)(=O)c1ccsc1C(=O)O. The van der Waals surface area contributed by atoms with Gasteiger partial charge in [-0.1, -0.05) is 0 Å². The summed E-state index contributed by atoms with van der Waals surface area (Å²) in [5, 5.41) is 19.2. The minimum atomic E-state index is -3.88. The number of nitrogens with zero attached hydrogens (tertiary/aromatic N) is 1. The molecule has 0 radical (unpaired) electrons. The van der Waals surface area contributed by atoms with Gasteiger partial charge in [-0.15, -0.1) is 11.3 Å². The number of carboxylic acid groups (broad SMARTS) is 1. The number of aliphatic hydroxyl groups excluding tert-OH is 1. The summed E-state index contributed by atoms with van der Waals surface area (Å²) in [7, 11) is -2.57. The molecule has 0 bridgehead atoms. The van der Waals surface area contributed by atoms with Gasteiger partial charge >= 0.3 is 5.97 Å². The van der Waals surface area contributed by atoms with Crippen LogP contribution in [0.1, 0.15) is 16.6 Å². The number of aliphatic hydroxyl groups is 1. The molecule has 0 saturated heterocycles. The Balaban J connectivity index is 3.22. The summed E-state index contributed by atoms with van der Waals surface area (Å²) in [6.07, 6.45) is 0. The molecular weight excluding hydrogens is 266 g/mol. The lowest BCUT2D eigenvalue weighted by Gasteiger charge is -2.22. The van der Waals surface area contributed by atoms with Crippen molar-refractivity contribution in [2.45, 2.75) is 17.9 Å². The van der Waals surface area contributed by atoms with Gasteiger partial charge in [0.05, 0.1) is 6.61 Å². The third-order valence-electron chi connectivity index (χ3n) is 2.37. The zero-order valence-corrected chi connectivity index (χ0v) is 11.0. The van der Waals surface area contributed by atoms with E-state index in [1.807, 2.05) is 0 Å². The lowest BCUT2D eigenvalue weighted by Crippen LogP contribution is -2.37. The fourth-order valence-corrected chi connectivity index (χ4v) is 3.75. The topological polar surface area (TPSA) is 94.9 Å². The summed E-state index contributed by atoms with van der Waals surface area (Å²) < 4.78 is 25.1. The van der Waals surface area contributed by atoms with E-state index in [-0.39, 0.29) is 16.4 Å². The zero-order valence-electron chi connectivity index (χ0n) is 9.32. The molecule has 0 saturated carbocycles. The first-order valence-electron chi connectivity index (χ1n) is 4.72. The first-order valence-corrected chi connectivity index (χ1v) is 7.04. The summed E-state index contributed by atoms with van der Waals surface area (Å²) in [6, 6.07) is 0.644. The highest BCUT2D eigenvalue weighted by atomic mass is 32.2. The lowest BCUT2D eigenvalue weighted by molar-refractivity contribution is 0.0698. The van der Waals surface area contributed by atoms with Crippen LogP contribution in [0.25, 0.3) is 0 Å². The number of hydrogen-bond donors (Lipinski definition) is 2. The number of likely N-dealkylation sites (N-methyl/N-ethyl adjacent to an activating group) is 1. The summed E-state index contributed by atoms with van der Waals surface area (Å²) in [6.45, 7) is 1.20. The highest BCUT2D eigenvalue weighted by Gasteiger charge is 2.30. The van der Waals surface area contributed by atoms with Crippen molar-refractivity contribution in [1.82, 2.24) is 4.31 Å². The van der Waals surface area contributed by atoms with Crippen LogP contribution in [0.15, 0.2) is 16.3 Å². The second-order valence-electron chi connectivity index (χ2n) is 3.47. The number of hydrogen-bond acceptors (Lipinski definition) is 5. The molecule has 17 heavy (non-hydrogen) atoms. The van der Waals surface area contributed by atoms with Crippen molar-refractivity contribution in [3.63, 3.8) is 0 Å². The average molecular weight is 279 g/mol. The van der Waals surface area contributed by atoms with Gasteiger partial charge in [0, 0.05) is 13.1 Å². The third kappa shape index (κ3) is 2.65. The monoisotopic (exact) mass is 279 g/mol. The van der Waals surface area contributed by atoms with Gasteiger partial charge in [0.25, 0.3) is 0 Å². The van der Waals surface area contributed by atoms with Crippen LogP contribution in [0, 0.1) is 0 Å². The third-order valence-corrected chi connectivity index (χ3v) is 5.41. The largest absolute Gasteiger partial charge is 0.477 e. The van der Waals surface area contributed by atoms with Crippen LogP contribution in [-0.2, 0) is 10.0 Å². The fraction of sp³-hybridized carbons (Fsp3) is 0.444. The Kier molecular flexibility index (Phi) is 4.26. The predicted octanol–water partition coefficient (Wildman–Crippen LogP) is 0.448. The Morgan fingerprint density at radius 1 is 1.59 bits per heavy atom. The Labute approximate surface area is 103 Å². The Morgan fingerprint density at radius 3 is 2.65 bits per heavy atom. The molecule has 2 N–H and O–H groups in total. The van der Waals surface area contributed by atoms with E-state index in [4.69, 9.17) is 10.2 Å². The van der Waals surface area contributed by atoms with E-state index >= 15 is 0 Å². The van der Waals surface area contributed by atoms with E-state index in [0.29, 0.717) is 0 Å². The number of sulfonamides is 1. The predicted molar refractivity (Wildman–Crippen MR) is 62.8 cm³/mol. The van der Waals surface area contributed by atoms with Gasteiger partial charge in [0.1, 0.15) is 9.77 Å². The van der Waals surface area contributed by atoms with Crippen LogP contribution in [0.3, 0.4) is 0 Å². The summed E-state index contributed by atoms with van der Waals surface area (Å²) >= 11 is 0.853. The molecule has 0 aromatic carbocycles. The van der Waals surface area contributed by atoms with Crippen LogP contribution in [0.5, 0.6) is 0 Å². The van der Waals surface area contributed by atoms with E-state index in [1.54, 1.807) is 0 Å². The normalized spacial score (nSPS) is 13.9. The van der Waals surface area contributed by atoms with E-state index in [9.17, 15) is 13.2 Å². The molecule has 0 aliphatic heterocycles. The number of carbonyl (C=O) groups is 1. The lowest BCUT2D eigenvalue weighted by atomic mass is 10.4. The van der Waals surface area contributed by atoms with Gasteiger partial charge in [-0.3, -0.25) is 0 Å². The molecule has 0 aliphatic carbocycles. The molecule has 1 aromatic rings. The van der Waals surface area contributed by atoms with Crippen LogP contribution < -0.4 is 0 Å². The summed E-state index contributed by atoms with van der Waals surface area (Å²) in [4.78, 5) is 10.4. The van der Waals surface area contributed by atoms with Gasteiger partial charge < -0.3 is 10.2 Å². The minimum absolute atomic E-state index is 0.220. The maximum absolute atomic E-state index is 12.1. The number of carboxylic acids is 1. The van der Waals surface area contributed by atoms with Crippen molar-refractivity contribution in [3.05, 3.63) is 16.3 Å². The van der Waals surface area contributed by atoms with Gasteiger partial charge in [-0.25, -0.2) is 13.2 Å². The Morgan fingerprint density at radius 2 is 2.18 bits per heavy atom. The molecule has 1 rings (SSSR count). The molecule has 6 nitrogen and oxygen atoms in total. The standard InChI is InChI=1S/C9H13NO5S2/c1-6(5-11)10(2)17(14,15)7-3-4-16-8(7)9(12)13/h3-4,6,11H,5H2,1-2H3,(H,12,13). The molecule has 1 unspecified atom stereocenters. The second-order valence-corrected chi connectivity index (χ2v) is 6.35. The van der Waals surface area contributed by atoms with Gasteiger partial charge in [-0.2, -0.15) is 4.31 Å². The van der Waals surface area contributed by atoms with E-state index < -0.39 is 22.0 Å². The van der Waals surface area contributed by atoms with Crippen LogP contribution >= 0.6 is 11.3 Å². The minimum Gasteiger partial charge on any atom is -0.477 e. The van der Waals surface area contributed by atoms with Crippen molar-refractivity contribution in [2.24, 2.45) is 0 Å². The second kappa shape index (κ2) is 5.13. The van der Waals surface area contributed by atoms with Gasteiger partial charge in [-0.05, 0) is 18.4 Å². The van der Waals surface area contributed by atoms with Gasteiger partial charge in [0.2, 0.25) is 10.0 Å². The van der Waals surface area contributed by atoms with Crippen molar-refractivity contribution in [3.8, 4) is 0 Å².